The molecule has 3 N–H and O–H groups in total. The average Bonchev–Trinajstić information content (AvgIpc) is 3.70. The molecule has 51 heavy (non-hydrogen) atoms. The minimum atomic E-state index is -3.72. The largest absolute Gasteiger partial charge is 0.493 e. The summed E-state index contributed by atoms with van der Waals surface area (Å²) in [5.41, 5.74) is 8.61. The molecule has 0 spiro atoms. The van der Waals surface area contributed by atoms with Crippen LogP contribution < -0.4 is 30.0 Å². The van der Waals surface area contributed by atoms with E-state index in [9.17, 15) is 8.42 Å². The molecule has 268 valence electrons. The number of methoxy groups -OCH3 is 4. The minimum Gasteiger partial charge on any atom is -0.493 e. The molecule has 0 unspecified atom stereocenters. The van der Waals surface area contributed by atoms with Crippen LogP contribution in [0.15, 0.2) is 102 Å². The van der Waals surface area contributed by atoms with Crippen molar-refractivity contribution in [1.82, 2.24) is 29.5 Å². The normalized spacial score (nSPS) is 10.6. The van der Waals surface area contributed by atoms with E-state index in [2.05, 4.69) is 25.5 Å². The van der Waals surface area contributed by atoms with Gasteiger partial charge >= 0.3 is 0 Å². The Kier molecular flexibility index (Phi) is 13.2. The second kappa shape index (κ2) is 17.7. The minimum absolute atomic E-state index is 0.0168. The molecule has 4 aromatic carbocycles. The van der Waals surface area contributed by atoms with Crippen LogP contribution in [-0.2, 0) is 29.7 Å². The Morgan fingerprint density at radius 1 is 0.667 bits per heavy atom. The molecule has 16 heteroatoms. The molecule has 0 radical (unpaired) electrons. The quantitative estimate of drug-likeness (QED) is 0.162. The number of rotatable bonds is 10. The smallest absolute Gasteiger partial charge is 0.261 e. The monoisotopic (exact) mass is 734 g/mol. The number of nitrogens with zero attached hydrogens (tertiary/aromatic N) is 6. The van der Waals surface area contributed by atoms with E-state index in [1.807, 2.05) is 85.9 Å². The summed E-state index contributed by atoms with van der Waals surface area (Å²) >= 11 is 0. The summed E-state index contributed by atoms with van der Waals surface area (Å²) in [5, 5.41) is 11.9. The van der Waals surface area contributed by atoms with Gasteiger partial charge in [-0.1, -0.05) is 66.7 Å². The van der Waals surface area contributed by atoms with Gasteiger partial charge in [0.25, 0.3) is 9.05 Å². The van der Waals surface area contributed by atoms with E-state index >= 15 is 0 Å². The first kappa shape index (κ1) is 38.0. The zero-order valence-corrected chi connectivity index (χ0v) is 30.5. The van der Waals surface area contributed by atoms with Crippen molar-refractivity contribution in [3.63, 3.8) is 0 Å². The summed E-state index contributed by atoms with van der Waals surface area (Å²) in [7, 11) is 11.2. The number of halogens is 1. The fraction of sp³-hybridized carbons (Fsp3) is 0.200. The predicted molar refractivity (Wildman–Crippen MR) is 197 cm³/mol. The second-order valence-corrected chi connectivity index (χ2v) is 13.1. The molecule has 6 rings (SSSR count). The highest BCUT2D eigenvalue weighted by Crippen LogP contribution is 2.31. The highest BCUT2D eigenvalue weighted by molar-refractivity contribution is 8.13. The van der Waals surface area contributed by atoms with Gasteiger partial charge in [0.2, 0.25) is 11.9 Å². The topological polar surface area (TPSA) is 171 Å². The Bertz CT molecular complexity index is 2110. The summed E-state index contributed by atoms with van der Waals surface area (Å²) in [4.78, 5) is 8.65. The number of benzene rings is 4. The van der Waals surface area contributed by atoms with E-state index < -0.39 is 9.05 Å². The van der Waals surface area contributed by atoms with Crippen LogP contribution in [0, 0.1) is 0 Å². The Labute approximate surface area is 301 Å². The van der Waals surface area contributed by atoms with Gasteiger partial charge in [-0.25, -0.2) is 17.8 Å². The molecule has 2 aromatic heterocycles. The zero-order chi connectivity index (χ0) is 37.0. The van der Waals surface area contributed by atoms with Crippen molar-refractivity contribution in [1.29, 1.82) is 0 Å². The fourth-order valence-corrected chi connectivity index (χ4v) is 5.26. The molecule has 14 nitrogen and oxygen atoms in total. The van der Waals surface area contributed by atoms with Crippen LogP contribution in [0.3, 0.4) is 0 Å². The Morgan fingerprint density at radius 3 is 1.65 bits per heavy atom. The maximum atomic E-state index is 11.0. The van der Waals surface area contributed by atoms with Crippen molar-refractivity contribution in [3.8, 4) is 45.8 Å². The molecule has 0 amide bonds. The lowest BCUT2D eigenvalue weighted by molar-refractivity contribution is 0.354. The van der Waals surface area contributed by atoms with Crippen molar-refractivity contribution in [2.45, 2.75) is 11.4 Å². The van der Waals surface area contributed by atoms with E-state index in [1.165, 1.54) is 32.4 Å². The molecule has 6 aromatic rings. The Morgan fingerprint density at radius 2 is 1.16 bits per heavy atom. The molecule has 0 aliphatic heterocycles. The maximum Gasteiger partial charge on any atom is 0.261 e. The summed E-state index contributed by atoms with van der Waals surface area (Å²) in [6.45, 7) is 0.612. The van der Waals surface area contributed by atoms with Gasteiger partial charge in [-0.15, -0.1) is 10.2 Å². The summed E-state index contributed by atoms with van der Waals surface area (Å²) in [6.07, 6.45) is 0. The molecule has 0 saturated heterocycles. The first-order valence-corrected chi connectivity index (χ1v) is 17.6. The molecule has 0 saturated carbocycles. The lowest BCUT2D eigenvalue weighted by Crippen LogP contribution is -2.06. The van der Waals surface area contributed by atoms with E-state index in [1.54, 1.807) is 30.6 Å². The third kappa shape index (κ3) is 10.4. The van der Waals surface area contributed by atoms with Gasteiger partial charge in [0.05, 0.1) is 33.3 Å². The first-order chi connectivity index (χ1) is 24.5. The lowest BCUT2D eigenvalue weighted by atomic mass is 10.2. The highest BCUT2D eigenvalue weighted by atomic mass is 35.7. The van der Waals surface area contributed by atoms with Crippen molar-refractivity contribution in [2.75, 3.05) is 39.5 Å². The Balaban J connectivity index is 0.000000185. The number of nitrogens with two attached hydrogens (primary N) is 1. The van der Waals surface area contributed by atoms with E-state index in [4.69, 9.17) is 35.4 Å². The number of anilines is 2. The van der Waals surface area contributed by atoms with Gasteiger partial charge in [0, 0.05) is 48.5 Å². The fourth-order valence-electron chi connectivity index (χ4n) is 4.49. The SMILES string of the molecule is COc1ccc(CNc2nc(-c3ccccc3)nn2C)cc1OC.COc1ccc(S(=O)(=O)Cl)cc1OC.Cn1nc(-c2ccccc2)nc1N. The van der Waals surface area contributed by atoms with Crippen LogP contribution in [0.2, 0.25) is 0 Å². The maximum absolute atomic E-state index is 11.0. The van der Waals surface area contributed by atoms with Crippen LogP contribution in [0.25, 0.3) is 22.8 Å². The molecule has 2 heterocycles. The first-order valence-electron chi connectivity index (χ1n) is 15.3. The zero-order valence-electron chi connectivity index (χ0n) is 28.9. The van der Waals surface area contributed by atoms with Gasteiger partial charge in [-0.05, 0) is 29.8 Å². The van der Waals surface area contributed by atoms with E-state index in [0.717, 1.165) is 16.7 Å². The summed E-state index contributed by atoms with van der Waals surface area (Å²) in [6, 6.07) is 29.6. The highest BCUT2D eigenvalue weighted by Gasteiger charge is 2.14. The van der Waals surface area contributed by atoms with Gasteiger partial charge in [-0.2, -0.15) is 9.97 Å². The number of nitrogen functional groups attached to an aromatic ring is 1. The average molecular weight is 735 g/mol. The van der Waals surface area contributed by atoms with Gasteiger partial charge < -0.3 is 30.0 Å². The van der Waals surface area contributed by atoms with E-state index in [-0.39, 0.29) is 4.90 Å². The lowest BCUT2D eigenvalue weighted by Gasteiger charge is -2.10. The molecular formula is C35H39ClN8O6S. The van der Waals surface area contributed by atoms with E-state index in [0.29, 0.717) is 53.1 Å². The molecular weight excluding hydrogens is 696 g/mol. The number of hydrogen-bond acceptors (Lipinski definition) is 12. The summed E-state index contributed by atoms with van der Waals surface area (Å²) in [5.74, 6) is 4.72. The molecule has 0 aliphatic carbocycles. The third-order valence-electron chi connectivity index (χ3n) is 7.16. The Hall–Kier alpha value is -5.80. The number of hydrogen-bond donors (Lipinski definition) is 2. The van der Waals surface area contributed by atoms with Crippen LogP contribution in [0.4, 0.5) is 11.9 Å². The van der Waals surface area contributed by atoms with Crippen molar-refractivity contribution in [3.05, 3.63) is 103 Å². The number of nitrogens with one attached hydrogen (secondary N) is 1. The third-order valence-corrected chi connectivity index (χ3v) is 8.51. The van der Waals surface area contributed by atoms with Gasteiger partial charge in [-0.3, -0.25) is 0 Å². The van der Waals surface area contributed by atoms with Crippen molar-refractivity contribution in [2.24, 2.45) is 14.1 Å². The van der Waals surface area contributed by atoms with Crippen molar-refractivity contribution >= 4 is 31.6 Å². The second-order valence-electron chi connectivity index (χ2n) is 10.5. The number of aryl methyl sites for hydroxylation is 2. The predicted octanol–water partition coefficient (Wildman–Crippen LogP) is 5.81. The van der Waals surface area contributed by atoms with Crippen molar-refractivity contribution < 1.29 is 27.4 Å². The standard InChI is InChI=1S/C18H20N4O2.C9H10N4.C8H9ClO4S/c1-22-18(20-17(21-22)14-7-5-4-6-8-14)19-12-13-9-10-15(23-2)16(11-13)24-3;1-13-9(10)11-8(12-13)7-5-3-2-4-6-7;1-12-7-4-3-6(14(9,10)11)5-8(7)13-2/h4-11H,12H2,1-3H3,(H,19,20,21);2-6H,1H3,(H2,10,11,12);3-5H,1-2H3. The van der Waals surface area contributed by atoms with Crippen LogP contribution in [-0.4, -0.2) is 66.4 Å². The summed E-state index contributed by atoms with van der Waals surface area (Å²) < 4.78 is 45.7. The van der Waals surface area contributed by atoms with Gasteiger partial charge in [0.15, 0.2) is 34.6 Å². The number of ether oxygens (including phenoxy) is 4. The van der Waals surface area contributed by atoms with Gasteiger partial charge in [0.1, 0.15) is 0 Å². The van der Waals surface area contributed by atoms with Crippen LogP contribution in [0.5, 0.6) is 23.0 Å². The molecule has 0 bridgehead atoms. The molecule has 0 atom stereocenters. The van der Waals surface area contributed by atoms with Crippen LogP contribution >= 0.6 is 10.7 Å². The van der Waals surface area contributed by atoms with Crippen LogP contribution in [0.1, 0.15) is 5.56 Å². The number of aromatic nitrogens is 6. The molecule has 0 aliphatic rings. The molecule has 0 fully saturated rings.